The molecule has 0 fully saturated rings. The zero-order valence-electron chi connectivity index (χ0n) is 14.7. The predicted molar refractivity (Wildman–Crippen MR) is 105 cm³/mol. The molecule has 28 heavy (non-hydrogen) atoms. The Labute approximate surface area is 161 Å². The third kappa shape index (κ3) is 3.59. The number of carbonyl (C=O) groups excluding carboxylic acids is 2. The summed E-state index contributed by atoms with van der Waals surface area (Å²) >= 11 is 0. The lowest BCUT2D eigenvalue weighted by molar-refractivity contribution is -0.130. The summed E-state index contributed by atoms with van der Waals surface area (Å²) in [5.74, 6) is 0.416. The van der Waals surface area contributed by atoms with Crippen LogP contribution in [0.25, 0.3) is 5.76 Å². The minimum Gasteiger partial charge on any atom is -0.454 e. The van der Waals surface area contributed by atoms with E-state index in [2.05, 4.69) is 4.99 Å². The highest BCUT2D eigenvalue weighted by Gasteiger charge is 2.29. The molecular formula is C23H15NO4. The SMILES string of the molecule is O=Cc1ccc(OC(=C2N=C(c3ccccc3)OC2=O)c2ccccc2)cc1. The van der Waals surface area contributed by atoms with Crippen LogP contribution in [0, 0.1) is 0 Å². The molecule has 1 heterocycles. The molecule has 3 aromatic carbocycles. The molecule has 0 amide bonds. The average Bonchev–Trinajstić information content (AvgIpc) is 3.15. The van der Waals surface area contributed by atoms with E-state index in [4.69, 9.17) is 9.47 Å². The normalized spacial score (nSPS) is 14.9. The lowest BCUT2D eigenvalue weighted by Gasteiger charge is -2.11. The van der Waals surface area contributed by atoms with Crippen molar-refractivity contribution < 1.29 is 19.1 Å². The maximum atomic E-state index is 12.5. The molecule has 136 valence electrons. The summed E-state index contributed by atoms with van der Waals surface area (Å²) in [7, 11) is 0. The van der Waals surface area contributed by atoms with Gasteiger partial charge in [0.2, 0.25) is 5.90 Å². The molecule has 4 rings (SSSR count). The van der Waals surface area contributed by atoms with Gasteiger partial charge in [-0.3, -0.25) is 4.79 Å². The van der Waals surface area contributed by atoms with Gasteiger partial charge >= 0.3 is 5.97 Å². The second-order valence-electron chi connectivity index (χ2n) is 6.01. The van der Waals surface area contributed by atoms with Crippen LogP contribution < -0.4 is 4.74 Å². The number of carbonyl (C=O) groups is 2. The van der Waals surface area contributed by atoms with Crippen molar-refractivity contribution in [3.63, 3.8) is 0 Å². The third-order valence-electron chi connectivity index (χ3n) is 4.10. The molecular weight excluding hydrogens is 354 g/mol. The number of rotatable bonds is 5. The molecule has 1 aliphatic heterocycles. The van der Waals surface area contributed by atoms with Crippen LogP contribution in [0.4, 0.5) is 0 Å². The molecule has 5 heteroatoms. The summed E-state index contributed by atoms with van der Waals surface area (Å²) in [6.45, 7) is 0. The van der Waals surface area contributed by atoms with Gasteiger partial charge in [0, 0.05) is 16.7 Å². The van der Waals surface area contributed by atoms with Crippen LogP contribution in [-0.2, 0) is 9.53 Å². The van der Waals surface area contributed by atoms with Gasteiger partial charge in [-0.05, 0) is 36.4 Å². The molecule has 0 atom stereocenters. The first-order valence-corrected chi connectivity index (χ1v) is 8.63. The van der Waals surface area contributed by atoms with E-state index in [1.807, 2.05) is 60.7 Å². The van der Waals surface area contributed by atoms with Gasteiger partial charge in [0.25, 0.3) is 0 Å². The van der Waals surface area contributed by atoms with Gasteiger partial charge in [0.15, 0.2) is 11.5 Å². The minimum absolute atomic E-state index is 0.0875. The Kier molecular flexibility index (Phi) is 4.80. The molecule has 0 aromatic heterocycles. The Morgan fingerprint density at radius 3 is 2.14 bits per heavy atom. The molecule has 0 bridgehead atoms. The van der Waals surface area contributed by atoms with Crippen LogP contribution in [0.2, 0.25) is 0 Å². The summed E-state index contributed by atoms with van der Waals surface area (Å²) < 4.78 is 11.4. The number of aliphatic imine (C=N–C) groups is 1. The Balaban J connectivity index is 1.79. The van der Waals surface area contributed by atoms with E-state index < -0.39 is 5.97 Å². The number of benzene rings is 3. The van der Waals surface area contributed by atoms with Crippen molar-refractivity contribution in [3.05, 3.63) is 107 Å². The Morgan fingerprint density at radius 1 is 0.857 bits per heavy atom. The Hall–Kier alpha value is -3.99. The molecule has 5 nitrogen and oxygen atoms in total. The van der Waals surface area contributed by atoms with Gasteiger partial charge in [0.1, 0.15) is 12.0 Å². The number of hydrogen-bond acceptors (Lipinski definition) is 5. The van der Waals surface area contributed by atoms with Crippen molar-refractivity contribution in [2.45, 2.75) is 0 Å². The number of esters is 1. The van der Waals surface area contributed by atoms with Gasteiger partial charge in [-0.25, -0.2) is 9.79 Å². The van der Waals surface area contributed by atoms with Crippen molar-refractivity contribution >= 4 is 23.9 Å². The van der Waals surface area contributed by atoms with Crippen molar-refractivity contribution in [3.8, 4) is 5.75 Å². The van der Waals surface area contributed by atoms with Gasteiger partial charge in [-0.15, -0.1) is 0 Å². The Morgan fingerprint density at radius 2 is 1.50 bits per heavy atom. The summed E-state index contributed by atoms with van der Waals surface area (Å²) in [6, 6.07) is 25.0. The first-order chi connectivity index (χ1) is 13.7. The van der Waals surface area contributed by atoms with Gasteiger partial charge in [-0.2, -0.15) is 0 Å². The minimum atomic E-state index is -0.581. The van der Waals surface area contributed by atoms with Crippen molar-refractivity contribution in [2.75, 3.05) is 0 Å². The van der Waals surface area contributed by atoms with E-state index in [1.54, 1.807) is 24.3 Å². The van der Waals surface area contributed by atoms with Gasteiger partial charge in [-0.1, -0.05) is 48.5 Å². The van der Waals surface area contributed by atoms with E-state index in [-0.39, 0.29) is 17.4 Å². The fourth-order valence-corrected chi connectivity index (χ4v) is 2.72. The second-order valence-corrected chi connectivity index (χ2v) is 6.01. The van der Waals surface area contributed by atoms with Crippen LogP contribution in [0.3, 0.4) is 0 Å². The number of nitrogens with zero attached hydrogens (tertiary/aromatic N) is 1. The summed E-state index contributed by atoms with van der Waals surface area (Å²) in [6.07, 6.45) is 0.755. The van der Waals surface area contributed by atoms with Crippen LogP contribution >= 0.6 is 0 Å². The molecule has 0 radical (unpaired) electrons. The smallest absolute Gasteiger partial charge is 0.367 e. The average molecular weight is 369 g/mol. The van der Waals surface area contributed by atoms with E-state index in [1.165, 1.54) is 0 Å². The molecule has 0 aliphatic carbocycles. The zero-order valence-corrected chi connectivity index (χ0v) is 14.7. The lowest BCUT2D eigenvalue weighted by Crippen LogP contribution is -2.07. The summed E-state index contributed by atoms with van der Waals surface area (Å²) in [5.41, 5.74) is 2.01. The molecule has 0 unspecified atom stereocenters. The number of aldehydes is 1. The van der Waals surface area contributed by atoms with Crippen LogP contribution in [-0.4, -0.2) is 18.2 Å². The molecule has 0 saturated heterocycles. The second kappa shape index (κ2) is 7.72. The monoisotopic (exact) mass is 369 g/mol. The van der Waals surface area contributed by atoms with Crippen molar-refractivity contribution in [1.29, 1.82) is 0 Å². The molecule has 0 N–H and O–H groups in total. The summed E-state index contributed by atoms with van der Waals surface area (Å²) in [5, 5.41) is 0. The van der Waals surface area contributed by atoms with E-state index in [0.29, 0.717) is 22.4 Å². The standard InChI is InChI=1S/C23H15NO4/c25-15-16-11-13-19(14-12-16)27-21(17-7-3-1-4-8-17)20-23(26)28-22(24-20)18-9-5-2-6-10-18/h1-15H. The largest absolute Gasteiger partial charge is 0.454 e. The van der Waals surface area contributed by atoms with E-state index >= 15 is 0 Å². The fraction of sp³-hybridized carbons (Fsp3) is 0. The van der Waals surface area contributed by atoms with Gasteiger partial charge < -0.3 is 9.47 Å². The Bertz CT molecular complexity index is 1070. The third-order valence-corrected chi connectivity index (χ3v) is 4.10. The first-order valence-electron chi connectivity index (χ1n) is 8.63. The lowest BCUT2D eigenvalue weighted by atomic mass is 10.1. The molecule has 0 saturated carbocycles. The highest BCUT2D eigenvalue weighted by Crippen LogP contribution is 2.29. The molecule has 0 spiro atoms. The van der Waals surface area contributed by atoms with Crippen molar-refractivity contribution in [2.24, 2.45) is 4.99 Å². The van der Waals surface area contributed by atoms with E-state index in [9.17, 15) is 9.59 Å². The molecule has 1 aliphatic rings. The van der Waals surface area contributed by atoms with Gasteiger partial charge in [0.05, 0.1) is 0 Å². The number of ether oxygens (including phenoxy) is 2. The maximum Gasteiger partial charge on any atom is 0.367 e. The first kappa shape index (κ1) is 17.4. The maximum absolute atomic E-state index is 12.5. The number of hydrogen-bond donors (Lipinski definition) is 0. The quantitative estimate of drug-likeness (QED) is 0.292. The zero-order chi connectivity index (χ0) is 19.3. The van der Waals surface area contributed by atoms with Crippen LogP contribution in [0.5, 0.6) is 5.75 Å². The highest BCUT2D eigenvalue weighted by molar-refractivity contribution is 6.13. The predicted octanol–water partition coefficient (Wildman–Crippen LogP) is 4.25. The highest BCUT2D eigenvalue weighted by atomic mass is 16.6. The molecule has 3 aromatic rings. The topological polar surface area (TPSA) is 65.0 Å². The fourth-order valence-electron chi connectivity index (χ4n) is 2.72. The van der Waals surface area contributed by atoms with E-state index in [0.717, 1.165) is 6.29 Å². The van der Waals surface area contributed by atoms with Crippen molar-refractivity contribution in [1.82, 2.24) is 0 Å². The summed E-state index contributed by atoms with van der Waals surface area (Å²) in [4.78, 5) is 27.8. The van der Waals surface area contributed by atoms with Crippen LogP contribution in [0.15, 0.2) is 95.6 Å². The number of cyclic esters (lactones) is 1. The van der Waals surface area contributed by atoms with Crippen LogP contribution in [0.1, 0.15) is 21.5 Å².